The van der Waals surface area contributed by atoms with Gasteiger partial charge in [-0.25, -0.2) is 14.4 Å². The minimum atomic E-state index is -3.13. The molecule has 0 spiro atoms. The van der Waals surface area contributed by atoms with E-state index in [9.17, 15) is 95.2 Å². The number of carboxylic acid groups (broad SMARTS) is 3. The number of ether oxygens (including phenoxy) is 6. The highest BCUT2D eigenvalue weighted by atomic mass is 16.7. The molecule has 3 fully saturated rings. The van der Waals surface area contributed by atoms with Crippen LogP contribution in [0, 0.1) is 0 Å². The molecule has 0 bridgehead atoms. The van der Waals surface area contributed by atoms with Gasteiger partial charge in [0.15, 0.2) is 0 Å². The smallest absolute Gasteiger partial charge is 0.364 e. The van der Waals surface area contributed by atoms with Crippen LogP contribution in [0.3, 0.4) is 0 Å². The van der Waals surface area contributed by atoms with E-state index >= 15 is 0 Å². The summed E-state index contributed by atoms with van der Waals surface area (Å²) in [4.78, 5) is 74.5. The summed E-state index contributed by atoms with van der Waals surface area (Å²) in [6.45, 7) is 1.16. The highest BCUT2D eigenvalue weighted by Gasteiger charge is 2.60. The van der Waals surface area contributed by atoms with Crippen molar-refractivity contribution in [3.63, 3.8) is 0 Å². The third-order valence-corrected chi connectivity index (χ3v) is 12.0. The van der Waals surface area contributed by atoms with Gasteiger partial charge in [0.05, 0.1) is 62.9 Å². The van der Waals surface area contributed by atoms with Crippen molar-refractivity contribution >= 4 is 35.6 Å². The molecule has 0 aromatic heterocycles. The van der Waals surface area contributed by atoms with E-state index in [1.54, 1.807) is 0 Å². The molecule has 0 radical (unpaired) electrons. The first-order chi connectivity index (χ1) is 32.2. The van der Waals surface area contributed by atoms with Gasteiger partial charge in [-0.15, -0.1) is 0 Å². The number of amides is 3. The number of nitrogens with one attached hydrogen (secondary N) is 3. The number of unbranched alkanes of at least 4 members (excludes halogenated alkanes) is 5. The molecule has 3 amide bonds. The van der Waals surface area contributed by atoms with Crippen LogP contribution in [-0.4, -0.2) is 237 Å². The number of hydrogen-bond donors (Lipinski definition) is 16. The minimum Gasteiger partial charge on any atom is -0.477 e. The van der Waals surface area contributed by atoms with Gasteiger partial charge in [0, 0.05) is 40.0 Å². The van der Waals surface area contributed by atoms with Crippen LogP contribution in [0.15, 0.2) is 0 Å². The highest BCUT2D eigenvalue weighted by molar-refractivity contribution is 5.78. The van der Waals surface area contributed by atoms with Gasteiger partial charge in [-0.05, 0) is 6.42 Å². The van der Waals surface area contributed by atoms with Crippen LogP contribution in [0.2, 0.25) is 0 Å². The van der Waals surface area contributed by atoms with Gasteiger partial charge in [-0.1, -0.05) is 39.0 Å². The number of aliphatic hydroxyl groups excluding tert-OH is 10. The number of aliphatic carboxylic acids is 3. The Labute approximate surface area is 395 Å². The summed E-state index contributed by atoms with van der Waals surface area (Å²) < 4.78 is 33.3. The number of carboxylic acids is 3. The first-order valence-corrected chi connectivity index (χ1v) is 22.4. The van der Waals surface area contributed by atoms with E-state index in [4.69, 9.17) is 28.4 Å². The molecule has 69 heavy (non-hydrogen) atoms. The molecule has 0 aliphatic carbocycles. The second kappa shape index (κ2) is 26.0. The molecule has 3 aliphatic rings. The Hall–Kier alpha value is -3.82. The Morgan fingerprint density at radius 1 is 0.522 bits per heavy atom. The summed E-state index contributed by atoms with van der Waals surface area (Å²) in [7, 11) is 0. The van der Waals surface area contributed by atoms with Crippen LogP contribution in [0.5, 0.6) is 0 Å². The molecule has 398 valence electrons. The van der Waals surface area contributed by atoms with E-state index in [0.29, 0.717) is 12.8 Å². The first kappa shape index (κ1) is 59.5. The lowest BCUT2D eigenvalue weighted by Crippen LogP contribution is -2.69. The largest absolute Gasteiger partial charge is 0.477 e. The molecule has 28 nitrogen and oxygen atoms in total. The second-order valence-electron chi connectivity index (χ2n) is 17.5. The van der Waals surface area contributed by atoms with Gasteiger partial charge in [-0.3, -0.25) is 14.4 Å². The zero-order valence-corrected chi connectivity index (χ0v) is 38.6. The molecule has 16 N–H and O–H groups in total. The lowest BCUT2D eigenvalue weighted by Gasteiger charge is -2.48. The second-order valence-corrected chi connectivity index (χ2v) is 17.5. The van der Waals surface area contributed by atoms with Gasteiger partial charge in [0.25, 0.3) is 17.4 Å². The van der Waals surface area contributed by atoms with E-state index in [2.05, 4.69) is 16.0 Å². The van der Waals surface area contributed by atoms with E-state index in [1.165, 1.54) is 0 Å². The lowest BCUT2D eigenvalue weighted by molar-refractivity contribution is -0.330. The van der Waals surface area contributed by atoms with E-state index in [1.807, 2.05) is 6.92 Å². The number of aliphatic hydroxyl groups is 10. The monoisotopic (exact) mass is 1000 g/mol. The van der Waals surface area contributed by atoms with Crippen molar-refractivity contribution in [1.29, 1.82) is 0 Å². The number of carbonyl (C=O) groups is 6. The topological polar surface area (TPSA) is 457 Å². The maximum atomic E-state index is 12.9. The fourth-order valence-electron chi connectivity index (χ4n) is 8.37. The Balaban J connectivity index is 1.89. The van der Waals surface area contributed by atoms with Crippen LogP contribution < -0.4 is 16.0 Å². The first-order valence-electron chi connectivity index (χ1n) is 22.4. The van der Waals surface area contributed by atoms with Crippen molar-refractivity contribution in [2.45, 2.75) is 194 Å². The molecule has 0 saturated carbocycles. The summed E-state index contributed by atoms with van der Waals surface area (Å²) in [6, 6.07) is -4.98. The maximum Gasteiger partial charge on any atom is 0.364 e. The standard InChI is InChI=1S/C41H69N3O25/c1-5-6-7-8-9-10-11-64-39(36(58)59)12-21(49)28(43-19(3)47)34(67-39)31(56)25(53)16-66-41(38(62)63)14-23(51)29(44-20(4)48)35(69-41)32(57)26(54)17-65-40(37(60)61)13-22(50)27(42-18(2)46)33(68-40)30(55)24(52)15-45/h21-35,45,49-57H,5-17H2,1-4H3,(H,42,46)(H,43,47)(H,44,48)(H,58,59)(H,60,61)(H,62,63)/t21?,22?,23?,24-,25-,26-,27-,28-,29-,30-,31-,32-,33-,34-,35-,39-,40-,41-/m1/s1. The predicted molar refractivity (Wildman–Crippen MR) is 225 cm³/mol. The van der Waals surface area contributed by atoms with Gasteiger partial charge in [0.2, 0.25) is 17.7 Å². The highest BCUT2D eigenvalue weighted by Crippen LogP contribution is 2.38. The number of rotatable bonds is 27. The van der Waals surface area contributed by atoms with Crippen molar-refractivity contribution in [2.75, 3.05) is 26.4 Å². The van der Waals surface area contributed by atoms with Gasteiger partial charge >= 0.3 is 17.9 Å². The molecule has 28 heteroatoms. The Morgan fingerprint density at radius 2 is 0.826 bits per heavy atom. The van der Waals surface area contributed by atoms with Crippen LogP contribution in [-0.2, 0) is 57.2 Å². The van der Waals surface area contributed by atoms with Crippen molar-refractivity contribution in [1.82, 2.24) is 16.0 Å². The number of carbonyl (C=O) groups excluding carboxylic acids is 3. The molecular formula is C41H69N3O25. The van der Waals surface area contributed by atoms with Gasteiger partial charge in [-0.2, -0.15) is 0 Å². The molecule has 3 saturated heterocycles. The van der Waals surface area contributed by atoms with Crippen LogP contribution in [0.1, 0.15) is 85.5 Å². The number of hydrogen-bond acceptors (Lipinski definition) is 22. The Kier molecular flexibility index (Phi) is 22.5. The van der Waals surface area contributed by atoms with E-state index in [-0.39, 0.29) is 6.61 Å². The normalized spacial score (nSPS) is 34.3. The average Bonchev–Trinajstić information content (AvgIpc) is 3.27. The van der Waals surface area contributed by atoms with E-state index < -0.39 is 183 Å². The van der Waals surface area contributed by atoms with Crippen molar-refractivity contribution in [2.24, 2.45) is 0 Å². The zero-order chi connectivity index (χ0) is 52.2. The summed E-state index contributed by atoms with van der Waals surface area (Å²) in [6.07, 6.45) is -23.7. The Bertz CT molecular complexity index is 1730. The molecule has 18 atom stereocenters. The van der Waals surface area contributed by atoms with Crippen LogP contribution in [0.4, 0.5) is 0 Å². The summed E-state index contributed by atoms with van der Waals surface area (Å²) >= 11 is 0. The summed E-state index contributed by atoms with van der Waals surface area (Å²) in [5.74, 6) is -17.0. The lowest BCUT2D eigenvalue weighted by atomic mass is 9.87. The molecule has 3 heterocycles. The predicted octanol–water partition coefficient (Wildman–Crippen LogP) is -6.14. The molecular weight excluding hydrogens is 934 g/mol. The molecule has 3 unspecified atom stereocenters. The zero-order valence-electron chi connectivity index (χ0n) is 38.6. The SMILES string of the molecule is CCCCCCCCO[C@]1(C(=O)O)CC(O)[C@@H](NC(C)=O)[C@H]([C@H](O)[C@H](O)CO[C@]2(C(=O)O)CC(O)[C@@H](NC(C)=O)[C@H]([C@H](O)[C@H](O)CO[C@]3(C(=O)O)CC(O)[C@@H](NC(C)=O)[C@H]([C@H](O)[C@H](O)CO)O3)O2)O1. The summed E-state index contributed by atoms with van der Waals surface area (Å²) in [5.41, 5.74) is 0. The van der Waals surface area contributed by atoms with Crippen LogP contribution >= 0.6 is 0 Å². The molecule has 3 aliphatic heterocycles. The molecule has 0 aromatic rings. The van der Waals surface area contributed by atoms with Gasteiger partial charge < -0.3 is 111 Å². The van der Waals surface area contributed by atoms with Crippen LogP contribution in [0.25, 0.3) is 0 Å². The average molecular weight is 1000 g/mol. The quantitative estimate of drug-likeness (QED) is 0.0341. The van der Waals surface area contributed by atoms with Crippen molar-refractivity contribution in [3.8, 4) is 0 Å². The van der Waals surface area contributed by atoms with Crippen molar-refractivity contribution in [3.05, 3.63) is 0 Å². The Morgan fingerprint density at radius 3 is 1.13 bits per heavy atom. The van der Waals surface area contributed by atoms with Crippen molar-refractivity contribution < 1.29 is 124 Å². The minimum absolute atomic E-state index is 0.169. The fraction of sp³-hybridized carbons (Fsp3) is 0.854. The third-order valence-electron chi connectivity index (χ3n) is 12.0. The fourth-order valence-corrected chi connectivity index (χ4v) is 8.37. The summed E-state index contributed by atoms with van der Waals surface area (Å²) in [5, 5.41) is 146. The molecule has 3 rings (SSSR count). The van der Waals surface area contributed by atoms with E-state index in [0.717, 1.165) is 46.5 Å². The third kappa shape index (κ3) is 15.1. The van der Waals surface area contributed by atoms with Gasteiger partial charge in [0.1, 0.15) is 54.9 Å². The maximum absolute atomic E-state index is 12.9. The molecule has 0 aromatic carbocycles.